The quantitative estimate of drug-likeness (QED) is 0.484. The minimum atomic E-state index is -0.926. The molecule has 1 saturated carbocycles. The largest absolute Gasteiger partial charge is 0.491 e. The smallest absolute Gasteiger partial charge is 0.307 e. The molecule has 1 fully saturated rings. The fourth-order valence-corrected chi connectivity index (χ4v) is 1.32. The second-order valence-corrected chi connectivity index (χ2v) is 3.85. The lowest BCUT2D eigenvalue weighted by Crippen LogP contribution is -2.03. The lowest BCUT2D eigenvalue weighted by atomic mass is 10.2. The molecule has 0 unspecified atom stereocenters. The van der Waals surface area contributed by atoms with Gasteiger partial charge in [0.15, 0.2) is 0 Å². The number of halogens is 1. The van der Waals surface area contributed by atoms with Gasteiger partial charge in [0, 0.05) is 12.1 Å². The summed E-state index contributed by atoms with van der Waals surface area (Å²) in [6.07, 6.45) is 2.21. The van der Waals surface area contributed by atoms with Crippen molar-refractivity contribution in [3.05, 3.63) is 28.1 Å². The first-order valence-electron chi connectivity index (χ1n) is 4.94. The molecule has 1 aliphatic carbocycles. The van der Waals surface area contributed by atoms with Gasteiger partial charge < -0.3 is 10.5 Å². The van der Waals surface area contributed by atoms with Gasteiger partial charge in [-0.25, -0.2) is 0 Å². The minimum absolute atomic E-state index is 0.0914. The van der Waals surface area contributed by atoms with E-state index >= 15 is 0 Å². The van der Waals surface area contributed by atoms with Gasteiger partial charge in [-0.1, -0.05) is 0 Å². The van der Waals surface area contributed by atoms with Gasteiger partial charge in [0.25, 0.3) is 0 Å². The molecule has 1 aromatic rings. The molecule has 6 heteroatoms. The Balaban J connectivity index is 2.18. The lowest BCUT2D eigenvalue weighted by molar-refractivity contribution is -0.387. The maximum Gasteiger partial charge on any atom is 0.307 e. The van der Waals surface area contributed by atoms with Crippen molar-refractivity contribution in [2.45, 2.75) is 12.8 Å². The fraction of sp³-hybridized carbons (Fsp3) is 0.400. The highest BCUT2D eigenvalue weighted by Crippen LogP contribution is 2.33. The first-order chi connectivity index (χ1) is 7.58. The molecule has 0 spiro atoms. The summed E-state index contributed by atoms with van der Waals surface area (Å²) in [5.41, 5.74) is 5.00. The van der Waals surface area contributed by atoms with Crippen LogP contribution in [0.3, 0.4) is 0 Å². The highest BCUT2D eigenvalue weighted by atomic mass is 19.1. The number of benzene rings is 1. The molecule has 2 N–H and O–H groups in total. The van der Waals surface area contributed by atoms with Crippen LogP contribution in [0, 0.1) is 21.8 Å². The van der Waals surface area contributed by atoms with E-state index < -0.39 is 16.4 Å². The Morgan fingerprint density at radius 2 is 2.25 bits per heavy atom. The summed E-state index contributed by atoms with van der Waals surface area (Å²) in [4.78, 5) is 9.62. The summed E-state index contributed by atoms with van der Waals surface area (Å²) in [6.45, 7) is 0.488. The normalized spacial score (nSPS) is 14.8. The number of nitro groups is 1. The summed E-state index contributed by atoms with van der Waals surface area (Å²) in [5.74, 6) is -0.238. The third-order valence-corrected chi connectivity index (χ3v) is 2.45. The minimum Gasteiger partial charge on any atom is -0.491 e. The summed E-state index contributed by atoms with van der Waals surface area (Å²) >= 11 is 0. The standard InChI is InChI=1S/C10H11FN2O3/c11-7-3-10(16-5-6-1-2-6)8(12)4-9(7)13(14)15/h3-4,6H,1-2,5,12H2. The Kier molecular flexibility index (Phi) is 2.64. The lowest BCUT2D eigenvalue weighted by Gasteiger charge is -2.08. The van der Waals surface area contributed by atoms with E-state index in [4.69, 9.17) is 10.5 Å². The highest BCUT2D eigenvalue weighted by molar-refractivity contribution is 5.58. The van der Waals surface area contributed by atoms with Crippen LogP contribution in [0.25, 0.3) is 0 Å². The second kappa shape index (κ2) is 3.96. The third kappa shape index (κ3) is 2.21. The van der Waals surface area contributed by atoms with E-state index in [0.717, 1.165) is 25.0 Å². The van der Waals surface area contributed by atoms with Gasteiger partial charge in [0.2, 0.25) is 5.82 Å². The molecule has 5 nitrogen and oxygen atoms in total. The highest BCUT2D eigenvalue weighted by Gasteiger charge is 2.23. The van der Waals surface area contributed by atoms with Gasteiger partial charge in [-0.3, -0.25) is 10.1 Å². The molecule has 16 heavy (non-hydrogen) atoms. The van der Waals surface area contributed by atoms with Gasteiger partial charge in [-0.15, -0.1) is 0 Å². The molecular weight excluding hydrogens is 215 g/mol. The maximum atomic E-state index is 13.2. The van der Waals surface area contributed by atoms with Gasteiger partial charge in [0.1, 0.15) is 5.75 Å². The number of anilines is 1. The summed E-state index contributed by atoms with van der Waals surface area (Å²) in [5, 5.41) is 10.4. The zero-order valence-electron chi connectivity index (χ0n) is 8.48. The molecule has 0 aliphatic heterocycles. The second-order valence-electron chi connectivity index (χ2n) is 3.85. The first kappa shape index (κ1) is 10.7. The summed E-state index contributed by atoms with van der Waals surface area (Å²) in [7, 11) is 0. The van der Waals surface area contributed by atoms with Crippen LogP contribution in [0.5, 0.6) is 5.75 Å². The molecule has 1 aromatic carbocycles. The van der Waals surface area contributed by atoms with Gasteiger partial charge >= 0.3 is 5.69 Å². The maximum absolute atomic E-state index is 13.2. The first-order valence-corrected chi connectivity index (χ1v) is 4.94. The SMILES string of the molecule is Nc1cc([N+](=O)[O-])c(F)cc1OCC1CC1. The van der Waals surface area contributed by atoms with E-state index in [9.17, 15) is 14.5 Å². The van der Waals surface area contributed by atoms with E-state index in [1.54, 1.807) is 0 Å². The Bertz CT molecular complexity index is 432. The van der Waals surface area contributed by atoms with Crippen LogP contribution in [0.1, 0.15) is 12.8 Å². The van der Waals surface area contributed by atoms with Crippen LogP contribution < -0.4 is 10.5 Å². The Morgan fingerprint density at radius 3 is 2.81 bits per heavy atom. The van der Waals surface area contributed by atoms with E-state index in [-0.39, 0.29) is 11.4 Å². The molecule has 0 radical (unpaired) electrons. The topological polar surface area (TPSA) is 78.4 Å². The fourth-order valence-electron chi connectivity index (χ4n) is 1.32. The Hall–Kier alpha value is -1.85. The van der Waals surface area contributed by atoms with Gasteiger partial charge in [-0.05, 0) is 18.8 Å². The third-order valence-electron chi connectivity index (χ3n) is 2.45. The van der Waals surface area contributed by atoms with Gasteiger partial charge in [-0.2, -0.15) is 4.39 Å². The van der Waals surface area contributed by atoms with Crippen molar-refractivity contribution in [2.75, 3.05) is 12.3 Å². The zero-order chi connectivity index (χ0) is 11.7. The number of hydrogen-bond acceptors (Lipinski definition) is 4. The molecule has 0 saturated heterocycles. The van der Waals surface area contributed by atoms with Crippen LogP contribution in [0.4, 0.5) is 15.8 Å². The number of nitrogens with zero attached hydrogens (tertiary/aromatic N) is 1. The molecule has 2 rings (SSSR count). The number of nitrogens with two attached hydrogens (primary N) is 1. The van der Waals surface area contributed by atoms with Crippen molar-refractivity contribution in [3.63, 3.8) is 0 Å². The predicted octanol–water partition coefficient (Wildman–Crippen LogP) is 2.10. The van der Waals surface area contributed by atoms with Crippen molar-refractivity contribution in [2.24, 2.45) is 5.92 Å². The van der Waals surface area contributed by atoms with Crippen LogP contribution >= 0.6 is 0 Å². The number of nitrogen functional groups attached to an aromatic ring is 1. The van der Waals surface area contributed by atoms with E-state index in [0.29, 0.717) is 12.5 Å². The van der Waals surface area contributed by atoms with Crippen LogP contribution in [-0.4, -0.2) is 11.5 Å². The zero-order valence-corrected chi connectivity index (χ0v) is 8.48. The number of hydrogen-bond donors (Lipinski definition) is 1. The average molecular weight is 226 g/mol. The van der Waals surface area contributed by atoms with Crippen LogP contribution in [-0.2, 0) is 0 Å². The summed E-state index contributed by atoms with van der Waals surface area (Å²) in [6, 6.07) is 1.95. The van der Waals surface area contributed by atoms with Crippen molar-refractivity contribution < 1.29 is 14.1 Å². The van der Waals surface area contributed by atoms with Crippen molar-refractivity contribution >= 4 is 11.4 Å². The van der Waals surface area contributed by atoms with Crippen molar-refractivity contribution in [3.8, 4) is 5.75 Å². The van der Waals surface area contributed by atoms with Crippen LogP contribution in [0.2, 0.25) is 0 Å². The van der Waals surface area contributed by atoms with E-state index in [1.165, 1.54) is 0 Å². The number of nitro benzene ring substituents is 1. The van der Waals surface area contributed by atoms with E-state index in [2.05, 4.69) is 0 Å². The molecule has 0 bridgehead atoms. The Morgan fingerprint density at radius 1 is 1.56 bits per heavy atom. The van der Waals surface area contributed by atoms with Crippen LogP contribution in [0.15, 0.2) is 12.1 Å². The Labute approximate surface area is 91.2 Å². The van der Waals surface area contributed by atoms with Crippen molar-refractivity contribution in [1.29, 1.82) is 0 Å². The number of ether oxygens (including phenoxy) is 1. The molecule has 86 valence electrons. The van der Waals surface area contributed by atoms with Crippen molar-refractivity contribution in [1.82, 2.24) is 0 Å². The molecular formula is C10H11FN2O3. The molecule has 0 aromatic heterocycles. The molecule has 1 aliphatic rings. The number of rotatable bonds is 4. The molecule has 0 amide bonds. The monoisotopic (exact) mass is 226 g/mol. The molecule has 0 heterocycles. The van der Waals surface area contributed by atoms with Gasteiger partial charge in [0.05, 0.1) is 17.2 Å². The van der Waals surface area contributed by atoms with E-state index in [1.807, 2.05) is 0 Å². The average Bonchev–Trinajstić information content (AvgIpc) is 3.02. The summed E-state index contributed by atoms with van der Waals surface area (Å²) < 4.78 is 18.5. The predicted molar refractivity (Wildman–Crippen MR) is 55.7 cm³/mol. The molecule has 0 atom stereocenters.